The second kappa shape index (κ2) is 13.0. The highest BCUT2D eigenvalue weighted by Gasteiger charge is 2.71. The molecule has 0 N–H and O–H groups in total. The first kappa shape index (κ1) is 39.0. The summed E-state index contributed by atoms with van der Waals surface area (Å²) in [5.74, 6) is 0.435. The van der Waals surface area contributed by atoms with Crippen molar-refractivity contribution < 1.29 is 28.7 Å². The van der Waals surface area contributed by atoms with E-state index in [1.54, 1.807) is 32.9 Å². The number of fused-ring (bicyclic) bond motifs is 7. The molecule has 5 aliphatic rings. The first-order valence-corrected chi connectivity index (χ1v) is 20.1. The minimum atomic E-state index is -1.08. The van der Waals surface area contributed by atoms with Crippen LogP contribution in [-0.4, -0.2) is 40.4 Å². The van der Waals surface area contributed by atoms with Gasteiger partial charge in [0.15, 0.2) is 5.78 Å². The Morgan fingerprint density at radius 2 is 1.54 bits per heavy atom. The van der Waals surface area contributed by atoms with Gasteiger partial charge in [-0.15, -0.1) is 0 Å². The molecule has 8 heteroatoms. The van der Waals surface area contributed by atoms with Crippen molar-refractivity contribution in [1.82, 2.24) is 4.90 Å². The monoisotopic (exact) mass is 735 g/mol. The predicted octanol–water partition coefficient (Wildman–Crippen LogP) is 10.5. The molecule has 52 heavy (non-hydrogen) atoms. The number of Topliss-reactive ketones (excluding diaryl/α,β-unsaturated/α-hetero) is 1. The molecule has 286 valence electrons. The van der Waals surface area contributed by atoms with Gasteiger partial charge in [-0.05, 0) is 141 Å². The van der Waals surface area contributed by atoms with Gasteiger partial charge in [-0.25, -0.2) is 9.69 Å². The van der Waals surface area contributed by atoms with Crippen LogP contribution in [0.15, 0.2) is 35.4 Å². The normalized spacial score (nSPS) is 36.7. The fourth-order valence-electron chi connectivity index (χ4n) is 12.8. The van der Waals surface area contributed by atoms with Crippen molar-refractivity contribution in [3.63, 3.8) is 0 Å². The topological polar surface area (TPSA) is 90.0 Å². The van der Waals surface area contributed by atoms with Crippen molar-refractivity contribution in [3.05, 3.63) is 46.0 Å². The van der Waals surface area contributed by atoms with Crippen LogP contribution in [0.4, 0.5) is 4.79 Å². The third-order valence-electron chi connectivity index (χ3n) is 15.2. The molecule has 0 aliphatic heterocycles. The van der Waals surface area contributed by atoms with Crippen LogP contribution in [0.5, 0.6) is 0 Å². The van der Waals surface area contributed by atoms with Crippen molar-refractivity contribution >= 4 is 35.4 Å². The number of carbonyl (C=O) groups is 4. The van der Waals surface area contributed by atoms with Gasteiger partial charge in [0.25, 0.3) is 0 Å². The summed E-state index contributed by atoms with van der Waals surface area (Å²) in [6.45, 7) is 23.2. The molecule has 7 nitrogen and oxygen atoms in total. The van der Waals surface area contributed by atoms with E-state index in [2.05, 4.69) is 48.5 Å². The summed E-state index contributed by atoms with van der Waals surface area (Å²) >= 11 is 6.20. The number of hydrogen-bond acceptors (Lipinski definition) is 6. The number of carbonyl (C=O) groups excluding carboxylic acids is 4. The number of ketones is 1. The van der Waals surface area contributed by atoms with Crippen LogP contribution < -0.4 is 0 Å². The summed E-state index contributed by atoms with van der Waals surface area (Å²) in [5.41, 5.74) is 0.492. The van der Waals surface area contributed by atoms with Crippen LogP contribution in [0.25, 0.3) is 0 Å². The fourth-order valence-corrected chi connectivity index (χ4v) is 13.0. The van der Waals surface area contributed by atoms with E-state index in [0.717, 1.165) is 61.7 Å². The van der Waals surface area contributed by atoms with Crippen LogP contribution >= 0.6 is 11.6 Å². The maximum atomic E-state index is 15.3. The van der Waals surface area contributed by atoms with Gasteiger partial charge in [0.05, 0.1) is 12.0 Å². The summed E-state index contributed by atoms with van der Waals surface area (Å²) in [7, 11) is 0. The average Bonchev–Trinajstić information content (AvgIpc) is 3.34. The lowest BCUT2D eigenvalue weighted by Crippen LogP contribution is -2.66. The van der Waals surface area contributed by atoms with Gasteiger partial charge in [0.1, 0.15) is 11.7 Å². The number of amides is 2. The highest BCUT2D eigenvalue weighted by atomic mass is 35.5. The molecule has 0 aromatic heterocycles. The Morgan fingerprint density at radius 1 is 0.885 bits per heavy atom. The molecule has 1 aromatic rings. The smallest absolute Gasteiger partial charge is 0.417 e. The molecular weight excluding hydrogens is 674 g/mol. The Labute approximate surface area is 317 Å². The second-order valence-electron chi connectivity index (χ2n) is 19.7. The minimum absolute atomic E-state index is 0.0182. The SMILES string of the molecule is CC(=O)OC1CCC2(C)C(CCC3(C)C2CCC2C4=C(C(C)C)C(=O)CC4(C(=O)N(Cc4ccc(Cl)cc4)C(=O)OC(C)(C)C)CCC23C)C1(C)C. The van der Waals surface area contributed by atoms with Crippen molar-refractivity contribution in [2.45, 2.75) is 152 Å². The molecule has 0 radical (unpaired) electrons. The van der Waals surface area contributed by atoms with Crippen molar-refractivity contribution in [2.75, 3.05) is 0 Å². The van der Waals surface area contributed by atoms with Crippen LogP contribution in [0.2, 0.25) is 5.02 Å². The van der Waals surface area contributed by atoms with Crippen LogP contribution in [-0.2, 0) is 30.4 Å². The van der Waals surface area contributed by atoms with Gasteiger partial charge in [-0.2, -0.15) is 0 Å². The summed E-state index contributed by atoms with van der Waals surface area (Å²) in [5, 5.41) is 0.574. The van der Waals surface area contributed by atoms with Gasteiger partial charge in [-0.1, -0.05) is 72.2 Å². The molecule has 4 fully saturated rings. The van der Waals surface area contributed by atoms with E-state index in [4.69, 9.17) is 21.1 Å². The van der Waals surface area contributed by atoms with Crippen LogP contribution in [0.1, 0.15) is 140 Å². The molecule has 6 rings (SSSR count). The molecule has 0 bridgehead atoms. The van der Waals surface area contributed by atoms with E-state index < -0.39 is 17.1 Å². The van der Waals surface area contributed by atoms with E-state index in [1.165, 1.54) is 11.8 Å². The van der Waals surface area contributed by atoms with E-state index in [-0.39, 0.29) is 70.2 Å². The van der Waals surface area contributed by atoms with Crippen molar-refractivity contribution in [3.8, 4) is 0 Å². The number of esters is 1. The third kappa shape index (κ3) is 5.98. The highest BCUT2D eigenvalue weighted by Crippen LogP contribution is 2.77. The Bertz CT molecular complexity index is 1670. The second-order valence-corrected chi connectivity index (χ2v) is 20.2. The zero-order chi connectivity index (χ0) is 38.4. The third-order valence-corrected chi connectivity index (χ3v) is 15.5. The van der Waals surface area contributed by atoms with Gasteiger partial charge >= 0.3 is 12.1 Å². The zero-order valence-electron chi connectivity index (χ0n) is 33.5. The molecule has 0 spiro atoms. The van der Waals surface area contributed by atoms with E-state index in [1.807, 2.05) is 12.1 Å². The maximum Gasteiger partial charge on any atom is 0.417 e. The lowest BCUT2D eigenvalue weighted by molar-refractivity contribution is -0.232. The van der Waals surface area contributed by atoms with E-state index >= 15 is 4.79 Å². The average molecular weight is 736 g/mol. The zero-order valence-corrected chi connectivity index (χ0v) is 34.3. The Hall–Kier alpha value is -2.67. The Balaban J connectivity index is 1.41. The summed E-state index contributed by atoms with van der Waals surface area (Å²) in [6, 6.07) is 7.19. The first-order valence-electron chi connectivity index (χ1n) is 19.8. The van der Waals surface area contributed by atoms with E-state index in [0.29, 0.717) is 23.3 Å². The molecule has 8 unspecified atom stereocenters. The molecule has 4 saturated carbocycles. The van der Waals surface area contributed by atoms with Crippen molar-refractivity contribution in [2.24, 2.45) is 50.7 Å². The molecule has 5 aliphatic carbocycles. The first-order chi connectivity index (χ1) is 24.0. The highest BCUT2D eigenvalue weighted by molar-refractivity contribution is 6.30. The fraction of sp³-hybridized carbons (Fsp3) is 0.727. The number of nitrogens with zero attached hydrogens (tertiary/aromatic N) is 1. The number of allylic oxidation sites excluding steroid dienone is 1. The summed E-state index contributed by atoms with van der Waals surface area (Å²) in [6.07, 6.45) is 6.61. The quantitative estimate of drug-likeness (QED) is 0.280. The lowest BCUT2D eigenvalue weighted by atomic mass is 9.33. The number of rotatable bonds is 5. The molecular formula is C44H62ClNO6. The molecule has 1 aromatic carbocycles. The maximum absolute atomic E-state index is 15.3. The number of imide groups is 1. The van der Waals surface area contributed by atoms with Crippen LogP contribution in [0, 0.1) is 50.7 Å². The summed E-state index contributed by atoms with van der Waals surface area (Å²) < 4.78 is 11.8. The molecule has 2 amide bonds. The van der Waals surface area contributed by atoms with Crippen LogP contribution in [0.3, 0.4) is 0 Å². The Morgan fingerprint density at radius 3 is 2.13 bits per heavy atom. The summed E-state index contributed by atoms with van der Waals surface area (Å²) in [4.78, 5) is 57.0. The molecule has 8 atom stereocenters. The largest absolute Gasteiger partial charge is 0.462 e. The standard InChI is InChI=1S/C44H62ClNO6/c1-26(2)35-31(48)24-44(37(49)46(38(50)52-39(4,5)6)25-28-12-14-29(45)15-13-28)23-22-42(10)30(36(35)44)16-17-33-41(9)20-19-34(51-27(3)47)40(7,8)32(41)18-21-43(33,42)11/h12-15,26,30,32-34H,16-25H2,1-11H3. The molecule has 0 heterocycles. The molecule has 0 saturated heterocycles. The van der Waals surface area contributed by atoms with Gasteiger partial charge in [0, 0.05) is 23.8 Å². The Kier molecular flexibility index (Phi) is 9.74. The lowest BCUT2D eigenvalue weighted by Gasteiger charge is -2.72. The van der Waals surface area contributed by atoms with Gasteiger partial charge < -0.3 is 9.47 Å². The number of halogens is 1. The van der Waals surface area contributed by atoms with Gasteiger partial charge in [-0.3, -0.25) is 14.4 Å². The van der Waals surface area contributed by atoms with Gasteiger partial charge in [0.2, 0.25) is 5.91 Å². The predicted molar refractivity (Wildman–Crippen MR) is 203 cm³/mol. The van der Waals surface area contributed by atoms with Crippen molar-refractivity contribution in [1.29, 1.82) is 0 Å². The number of benzene rings is 1. The number of hydrogen-bond donors (Lipinski definition) is 0. The van der Waals surface area contributed by atoms with E-state index in [9.17, 15) is 14.4 Å². The number of ether oxygens (including phenoxy) is 2. The minimum Gasteiger partial charge on any atom is -0.462 e.